The molecule has 7 nitrogen and oxygen atoms in total. The zero-order valence-electron chi connectivity index (χ0n) is 14.0. The van der Waals surface area contributed by atoms with E-state index < -0.39 is 17.9 Å². The lowest BCUT2D eigenvalue weighted by molar-refractivity contribution is -0.139. The van der Waals surface area contributed by atoms with Crippen LogP contribution in [0.4, 0.5) is 10.5 Å². The number of aromatic nitrogens is 1. The molecule has 3 rings (SSSR count). The normalized spacial score (nSPS) is 11.7. The summed E-state index contributed by atoms with van der Waals surface area (Å²) in [5, 5.41) is 15.6. The zero-order valence-corrected chi connectivity index (χ0v) is 16.2. The summed E-state index contributed by atoms with van der Waals surface area (Å²) in [6.45, 7) is 0. The van der Waals surface area contributed by atoms with E-state index >= 15 is 0 Å². The molecule has 0 radical (unpaired) electrons. The molecule has 0 aliphatic heterocycles. The van der Waals surface area contributed by atoms with Gasteiger partial charge in [-0.25, -0.2) is 4.79 Å². The van der Waals surface area contributed by atoms with Crippen LogP contribution in [-0.2, 0) is 11.2 Å². The summed E-state index contributed by atoms with van der Waals surface area (Å²) < 4.78 is -0.213. The number of rotatable bonds is 6. The Balaban J connectivity index is 1.74. The molecule has 1 heterocycles. The maximum Gasteiger partial charge on any atom is 0.326 e. The average Bonchev–Trinajstić information content (AvgIpc) is 3.10. The van der Waals surface area contributed by atoms with E-state index in [9.17, 15) is 19.5 Å². The van der Waals surface area contributed by atoms with E-state index in [4.69, 9.17) is 0 Å². The molecule has 27 heavy (non-hydrogen) atoms. The summed E-state index contributed by atoms with van der Waals surface area (Å²) in [7, 11) is 0. The highest BCUT2D eigenvalue weighted by molar-refractivity contribution is 14.1. The SMILES string of the molecule is O=C(I)Nc1ccc(CC(NC(=O)c2cccc3cc[nH]c23)C(=O)O)cc1. The molecule has 0 aliphatic carbocycles. The summed E-state index contributed by atoms with van der Waals surface area (Å²) in [5.74, 6) is -1.57. The van der Waals surface area contributed by atoms with Crippen molar-refractivity contribution in [1.82, 2.24) is 10.3 Å². The standard InChI is InChI=1S/C19H16IN3O4/c20-19(27)22-13-6-4-11(5-7-13)10-15(18(25)26)23-17(24)14-3-1-2-12-8-9-21-16(12)14/h1-9,15,21H,10H2,(H,22,27)(H,23,24)(H,25,26). The second kappa shape index (κ2) is 8.21. The van der Waals surface area contributed by atoms with Gasteiger partial charge in [0.2, 0.25) is 0 Å². The lowest BCUT2D eigenvalue weighted by atomic mass is 10.0. The number of carboxylic acid groups (broad SMARTS) is 1. The number of carbonyl (C=O) groups excluding carboxylic acids is 2. The van der Waals surface area contributed by atoms with Crippen molar-refractivity contribution in [2.24, 2.45) is 0 Å². The lowest BCUT2D eigenvalue weighted by Gasteiger charge is -2.15. The van der Waals surface area contributed by atoms with Crippen LogP contribution in [0.3, 0.4) is 0 Å². The molecule has 0 saturated carbocycles. The van der Waals surface area contributed by atoms with Gasteiger partial charge in [0.1, 0.15) is 6.04 Å². The van der Waals surface area contributed by atoms with E-state index in [0.717, 1.165) is 10.9 Å². The highest BCUT2D eigenvalue weighted by Crippen LogP contribution is 2.17. The number of carbonyl (C=O) groups is 3. The summed E-state index contributed by atoms with van der Waals surface area (Å²) in [6, 6.07) is 12.8. The Morgan fingerprint density at radius 1 is 1.07 bits per heavy atom. The molecule has 1 atom stereocenters. The van der Waals surface area contributed by atoms with Crippen LogP contribution in [0.5, 0.6) is 0 Å². The maximum atomic E-state index is 12.6. The second-order valence-electron chi connectivity index (χ2n) is 5.91. The summed E-state index contributed by atoms with van der Waals surface area (Å²) in [5.41, 5.74) is 2.40. The van der Waals surface area contributed by atoms with Gasteiger partial charge in [-0.1, -0.05) is 24.3 Å². The zero-order chi connectivity index (χ0) is 19.4. The molecule has 1 unspecified atom stereocenters. The van der Waals surface area contributed by atoms with E-state index in [1.165, 1.54) is 0 Å². The van der Waals surface area contributed by atoms with Crippen LogP contribution in [0.1, 0.15) is 15.9 Å². The third-order valence-electron chi connectivity index (χ3n) is 4.07. The molecule has 1 aromatic heterocycles. The summed E-state index contributed by atoms with van der Waals surface area (Å²) >= 11 is 1.63. The molecular formula is C19H16IN3O4. The Hall–Kier alpha value is -2.88. The molecule has 0 saturated heterocycles. The number of hydrogen-bond donors (Lipinski definition) is 4. The quantitative estimate of drug-likeness (QED) is 0.247. The van der Waals surface area contributed by atoms with Crippen molar-refractivity contribution in [1.29, 1.82) is 0 Å². The Labute approximate surface area is 168 Å². The fourth-order valence-corrected chi connectivity index (χ4v) is 3.09. The molecule has 2 amide bonds. The van der Waals surface area contributed by atoms with Crippen molar-refractivity contribution in [3.63, 3.8) is 0 Å². The van der Waals surface area contributed by atoms with Crippen molar-refractivity contribution in [3.8, 4) is 0 Å². The molecule has 0 fully saturated rings. The molecule has 0 bridgehead atoms. The smallest absolute Gasteiger partial charge is 0.326 e. The number of amides is 2. The number of nitrogens with one attached hydrogen (secondary N) is 3. The molecule has 0 spiro atoms. The predicted molar refractivity (Wildman–Crippen MR) is 110 cm³/mol. The van der Waals surface area contributed by atoms with E-state index in [0.29, 0.717) is 16.8 Å². The number of benzene rings is 2. The third-order valence-corrected chi connectivity index (χ3v) is 4.34. The largest absolute Gasteiger partial charge is 0.480 e. The van der Waals surface area contributed by atoms with E-state index in [-0.39, 0.29) is 10.3 Å². The number of hydrogen-bond acceptors (Lipinski definition) is 3. The van der Waals surface area contributed by atoms with Crippen molar-refractivity contribution in [2.45, 2.75) is 12.5 Å². The van der Waals surface area contributed by atoms with Crippen molar-refractivity contribution >= 4 is 55.0 Å². The molecule has 2 aromatic carbocycles. The monoisotopic (exact) mass is 477 g/mol. The predicted octanol–water partition coefficient (Wildman–Crippen LogP) is 3.56. The number of anilines is 1. The number of carboxylic acids is 1. The number of fused-ring (bicyclic) bond motifs is 1. The average molecular weight is 477 g/mol. The van der Waals surface area contributed by atoms with Crippen molar-refractivity contribution in [3.05, 3.63) is 65.9 Å². The van der Waals surface area contributed by atoms with Crippen LogP contribution in [-0.4, -0.2) is 31.9 Å². The fraction of sp³-hybridized carbons (Fsp3) is 0.105. The first-order valence-corrected chi connectivity index (χ1v) is 9.17. The minimum atomic E-state index is -1.12. The van der Waals surface area contributed by atoms with E-state index in [2.05, 4.69) is 15.6 Å². The van der Waals surface area contributed by atoms with Crippen LogP contribution in [0.25, 0.3) is 10.9 Å². The number of halogens is 1. The van der Waals surface area contributed by atoms with Gasteiger partial charge in [-0.3, -0.25) is 9.59 Å². The van der Waals surface area contributed by atoms with Gasteiger partial charge in [-0.15, -0.1) is 0 Å². The number of aliphatic carboxylic acids is 1. The molecule has 8 heteroatoms. The van der Waals surface area contributed by atoms with Crippen LogP contribution in [0, 0.1) is 0 Å². The highest BCUT2D eigenvalue weighted by Gasteiger charge is 2.22. The van der Waals surface area contributed by atoms with Crippen molar-refractivity contribution < 1.29 is 19.5 Å². The maximum absolute atomic E-state index is 12.6. The molecule has 3 aromatic rings. The summed E-state index contributed by atoms with van der Waals surface area (Å²) in [6.07, 6.45) is 1.85. The van der Waals surface area contributed by atoms with Gasteiger partial charge in [-0.2, -0.15) is 0 Å². The van der Waals surface area contributed by atoms with Gasteiger partial charge >= 0.3 is 5.97 Å². The van der Waals surface area contributed by atoms with E-state index in [1.54, 1.807) is 65.2 Å². The first-order chi connectivity index (χ1) is 12.9. The summed E-state index contributed by atoms with van der Waals surface area (Å²) in [4.78, 5) is 38.3. The molecule has 0 aliphatic rings. The first-order valence-electron chi connectivity index (χ1n) is 8.09. The number of H-pyrrole nitrogens is 1. The van der Waals surface area contributed by atoms with Gasteiger partial charge in [0.05, 0.1) is 11.1 Å². The Morgan fingerprint density at radius 2 is 1.81 bits per heavy atom. The molecule has 4 N–H and O–H groups in total. The lowest BCUT2D eigenvalue weighted by Crippen LogP contribution is -2.42. The van der Waals surface area contributed by atoms with Gasteiger partial charge in [0.25, 0.3) is 9.82 Å². The number of para-hydroxylation sites is 1. The minimum absolute atomic E-state index is 0.125. The van der Waals surface area contributed by atoms with Crippen LogP contribution < -0.4 is 10.6 Å². The third kappa shape index (κ3) is 4.64. The van der Waals surface area contributed by atoms with Gasteiger partial charge < -0.3 is 20.7 Å². The minimum Gasteiger partial charge on any atom is -0.480 e. The van der Waals surface area contributed by atoms with Crippen molar-refractivity contribution in [2.75, 3.05) is 5.32 Å². The highest BCUT2D eigenvalue weighted by atomic mass is 127. The first kappa shape index (κ1) is 18.9. The second-order valence-corrected chi connectivity index (χ2v) is 6.89. The fourth-order valence-electron chi connectivity index (χ4n) is 2.78. The van der Waals surface area contributed by atoms with Gasteiger partial charge in [-0.05, 0) is 29.8 Å². The van der Waals surface area contributed by atoms with Crippen LogP contribution in [0.15, 0.2) is 54.7 Å². The Morgan fingerprint density at radius 3 is 2.48 bits per heavy atom. The van der Waals surface area contributed by atoms with Crippen LogP contribution >= 0.6 is 22.6 Å². The van der Waals surface area contributed by atoms with Gasteiger partial charge in [0, 0.05) is 46.3 Å². The number of aromatic amines is 1. The van der Waals surface area contributed by atoms with Gasteiger partial charge in [0.15, 0.2) is 0 Å². The molecule has 138 valence electrons. The Kier molecular flexibility index (Phi) is 5.75. The Bertz CT molecular complexity index is 998. The van der Waals surface area contributed by atoms with E-state index in [1.807, 2.05) is 12.1 Å². The topological polar surface area (TPSA) is 111 Å². The van der Waals surface area contributed by atoms with Crippen LogP contribution in [0.2, 0.25) is 0 Å². The molecular weight excluding hydrogens is 461 g/mol.